The summed E-state index contributed by atoms with van der Waals surface area (Å²) in [6.45, 7) is 0.0916. The molecule has 0 aliphatic rings. The number of ether oxygens (including phenoxy) is 1. The van der Waals surface area contributed by atoms with Crippen molar-refractivity contribution in [2.45, 2.75) is 19.4 Å². The van der Waals surface area contributed by atoms with Gasteiger partial charge in [-0.3, -0.25) is 9.59 Å². The van der Waals surface area contributed by atoms with Gasteiger partial charge in [0.25, 0.3) is 0 Å². The van der Waals surface area contributed by atoms with Crippen molar-refractivity contribution >= 4 is 11.8 Å². The van der Waals surface area contributed by atoms with Gasteiger partial charge in [0.15, 0.2) is 5.78 Å². The highest BCUT2D eigenvalue weighted by atomic mass is 16.5. The van der Waals surface area contributed by atoms with Crippen LogP contribution in [0.4, 0.5) is 0 Å². The van der Waals surface area contributed by atoms with Gasteiger partial charge >= 0.3 is 5.97 Å². The Hall–Kier alpha value is -3.71. The molecule has 0 atom stereocenters. The molecule has 0 radical (unpaired) electrons. The number of hydrogen-bond donors (Lipinski definition) is 0. The van der Waals surface area contributed by atoms with Crippen molar-refractivity contribution in [2.24, 2.45) is 0 Å². The molecule has 0 fully saturated rings. The standard InChI is InChI=1S/C24H19NO3/c25-16-18-5-4-6-19(15-18)17-28-24(27)14-13-23(26)22-11-9-21(10-12-22)20-7-2-1-3-8-20/h1-12,15H,13-14,17H2. The van der Waals surface area contributed by atoms with Crippen molar-refractivity contribution in [2.75, 3.05) is 0 Å². The molecule has 0 N–H and O–H groups in total. The molecule has 0 heterocycles. The van der Waals surface area contributed by atoms with Crippen LogP contribution in [0.1, 0.15) is 34.3 Å². The average Bonchev–Trinajstić information content (AvgIpc) is 2.77. The van der Waals surface area contributed by atoms with Gasteiger partial charge in [-0.15, -0.1) is 0 Å². The van der Waals surface area contributed by atoms with E-state index in [1.54, 1.807) is 36.4 Å². The van der Waals surface area contributed by atoms with E-state index in [9.17, 15) is 9.59 Å². The van der Waals surface area contributed by atoms with E-state index >= 15 is 0 Å². The highest BCUT2D eigenvalue weighted by molar-refractivity contribution is 5.97. The summed E-state index contributed by atoms with van der Waals surface area (Å²) in [7, 11) is 0. The van der Waals surface area contributed by atoms with Gasteiger partial charge in [-0.25, -0.2) is 0 Å². The number of Topliss-reactive ketones (excluding diaryl/α,β-unsaturated/α-hetero) is 1. The van der Waals surface area contributed by atoms with Gasteiger partial charge in [-0.2, -0.15) is 5.26 Å². The zero-order valence-corrected chi connectivity index (χ0v) is 15.3. The van der Waals surface area contributed by atoms with Crippen LogP contribution in [-0.2, 0) is 16.1 Å². The third-order valence-electron chi connectivity index (χ3n) is 4.33. The number of rotatable bonds is 7. The maximum atomic E-state index is 12.3. The highest BCUT2D eigenvalue weighted by Gasteiger charge is 2.11. The van der Waals surface area contributed by atoms with Gasteiger partial charge in [0.1, 0.15) is 6.61 Å². The fourth-order valence-corrected chi connectivity index (χ4v) is 2.81. The predicted molar refractivity (Wildman–Crippen MR) is 106 cm³/mol. The van der Waals surface area contributed by atoms with Crippen molar-refractivity contribution in [3.63, 3.8) is 0 Å². The van der Waals surface area contributed by atoms with E-state index in [1.807, 2.05) is 48.5 Å². The second-order valence-corrected chi connectivity index (χ2v) is 6.34. The zero-order chi connectivity index (χ0) is 19.8. The number of nitrogens with zero attached hydrogens (tertiary/aromatic N) is 1. The summed E-state index contributed by atoms with van der Waals surface area (Å²) in [5.74, 6) is -0.528. The molecule has 3 rings (SSSR count). The predicted octanol–water partition coefficient (Wildman–Crippen LogP) is 4.93. The Bertz CT molecular complexity index is 1000. The largest absolute Gasteiger partial charge is 0.461 e. The van der Waals surface area contributed by atoms with E-state index in [2.05, 4.69) is 0 Å². The molecular weight excluding hydrogens is 350 g/mol. The maximum absolute atomic E-state index is 12.3. The topological polar surface area (TPSA) is 67.2 Å². The number of hydrogen-bond acceptors (Lipinski definition) is 4. The minimum absolute atomic E-state index is 0.0250. The zero-order valence-electron chi connectivity index (χ0n) is 15.3. The lowest BCUT2D eigenvalue weighted by Gasteiger charge is -2.06. The molecule has 0 spiro atoms. The first kappa shape index (κ1) is 19.1. The molecule has 0 saturated carbocycles. The van der Waals surface area contributed by atoms with Crippen LogP contribution in [0.3, 0.4) is 0 Å². The molecule has 4 nitrogen and oxygen atoms in total. The van der Waals surface area contributed by atoms with Crippen molar-refractivity contribution in [1.82, 2.24) is 0 Å². The summed E-state index contributed by atoms with van der Waals surface area (Å²) >= 11 is 0. The Morgan fingerprint density at radius 1 is 0.821 bits per heavy atom. The molecule has 0 amide bonds. The van der Waals surface area contributed by atoms with Crippen molar-refractivity contribution in [1.29, 1.82) is 5.26 Å². The van der Waals surface area contributed by atoms with E-state index in [4.69, 9.17) is 10.00 Å². The van der Waals surface area contributed by atoms with Crippen LogP contribution in [0.25, 0.3) is 11.1 Å². The fourth-order valence-electron chi connectivity index (χ4n) is 2.81. The van der Waals surface area contributed by atoms with Gasteiger partial charge in [-0.05, 0) is 28.8 Å². The Labute approximate surface area is 164 Å². The quantitative estimate of drug-likeness (QED) is 0.437. The molecule has 3 aromatic carbocycles. The summed E-state index contributed by atoms with van der Waals surface area (Å²) in [5, 5.41) is 8.88. The van der Waals surface area contributed by atoms with Gasteiger partial charge < -0.3 is 4.74 Å². The summed E-state index contributed by atoms with van der Waals surface area (Å²) < 4.78 is 5.19. The Kier molecular flexibility index (Phi) is 6.33. The van der Waals surface area contributed by atoms with Gasteiger partial charge in [0.2, 0.25) is 0 Å². The molecule has 0 aromatic heterocycles. The highest BCUT2D eigenvalue weighted by Crippen LogP contribution is 2.20. The fraction of sp³-hybridized carbons (Fsp3) is 0.125. The Morgan fingerprint density at radius 2 is 1.54 bits per heavy atom. The van der Waals surface area contributed by atoms with Crippen LogP contribution < -0.4 is 0 Å². The first-order chi connectivity index (χ1) is 13.7. The number of benzene rings is 3. The lowest BCUT2D eigenvalue weighted by Crippen LogP contribution is -2.08. The SMILES string of the molecule is N#Cc1cccc(COC(=O)CCC(=O)c2ccc(-c3ccccc3)cc2)c1. The van der Waals surface area contributed by atoms with E-state index in [0.29, 0.717) is 11.1 Å². The molecular formula is C24H19NO3. The van der Waals surface area contributed by atoms with E-state index in [-0.39, 0.29) is 25.2 Å². The van der Waals surface area contributed by atoms with E-state index < -0.39 is 5.97 Å². The van der Waals surface area contributed by atoms with Crippen molar-refractivity contribution in [3.8, 4) is 17.2 Å². The summed E-state index contributed by atoms with van der Waals surface area (Å²) in [6, 6.07) is 26.2. The van der Waals surface area contributed by atoms with Crippen molar-refractivity contribution in [3.05, 3.63) is 95.6 Å². The lowest BCUT2D eigenvalue weighted by atomic mass is 10.0. The monoisotopic (exact) mass is 369 g/mol. The molecule has 0 aliphatic heterocycles. The normalized spacial score (nSPS) is 10.1. The molecule has 3 aromatic rings. The Balaban J connectivity index is 1.49. The number of nitriles is 1. The van der Waals surface area contributed by atoms with E-state index in [1.165, 1.54) is 0 Å². The van der Waals surface area contributed by atoms with Crippen molar-refractivity contribution < 1.29 is 14.3 Å². The molecule has 0 saturated heterocycles. The van der Waals surface area contributed by atoms with Crippen LogP contribution in [0, 0.1) is 11.3 Å². The number of carbonyl (C=O) groups excluding carboxylic acids is 2. The second-order valence-electron chi connectivity index (χ2n) is 6.34. The third kappa shape index (κ3) is 5.15. The average molecular weight is 369 g/mol. The number of carbonyl (C=O) groups is 2. The third-order valence-corrected chi connectivity index (χ3v) is 4.33. The van der Waals surface area contributed by atoms with Crippen LogP contribution in [0.2, 0.25) is 0 Å². The lowest BCUT2D eigenvalue weighted by molar-refractivity contribution is -0.144. The minimum atomic E-state index is -0.434. The molecule has 28 heavy (non-hydrogen) atoms. The van der Waals surface area contributed by atoms with Crippen LogP contribution >= 0.6 is 0 Å². The smallest absolute Gasteiger partial charge is 0.306 e. The number of esters is 1. The minimum Gasteiger partial charge on any atom is -0.461 e. The first-order valence-corrected chi connectivity index (χ1v) is 8.99. The van der Waals surface area contributed by atoms with E-state index in [0.717, 1.165) is 16.7 Å². The summed E-state index contributed by atoms with van der Waals surface area (Å²) in [4.78, 5) is 24.2. The Morgan fingerprint density at radius 3 is 2.25 bits per heavy atom. The number of ketones is 1. The van der Waals surface area contributed by atoms with Gasteiger partial charge in [0.05, 0.1) is 18.1 Å². The van der Waals surface area contributed by atoms with Crippen LogP contribution in [0.5, 0.6) is 0 Å². The molecule has 0 unspecified atom stereocenters. The molecule has 138 valence electrons. The summed E-state index contributed by atoms with van der Waals surface area (Å²) in [5.41, 5.74) is 3.97. The molecule has 0 bridgehead atoms. The first-order valence-electron chi connectivity index (χ1n) is 8.99. The van der Waals surface area contributed by atoms with Gasteiger partial charge in [0, 0.05) is 12.0 Å². The van der Waals surface area contributed by atoms with Crippen LogP contribution in [0.15, 0.2) is 78.9 Å². The van der Waals surface area contributed by atoms with Gasteiger partial charge in [-0.1, -0.05) is 66.7 Å². The summed E-state index contributed by atoms with van der Waals surface area (Å²) in [6.07, 6.45) is 0.124. The second kappa shape index (κ2) is 9.29. The molecule has 0 aliphatic carbocycles. The van der Waals surface area contributed by atoms with Crippen LogP contribution in [-0.4, -0.2) is 11.8 Å². The maximum Gasteiger partial charge on any atom is 0.306 e. The molecule has 4 heteroatoms.